The lowest BCUT2D eigenvalue weighted by Gasteiger charge is -2.35. The van der Waals surface area contributed by atoms with Gasteiger partial charge in [0, 0.05) is 47.9 Å². The van der Waals surface area contributed by atoms with Gasteiger partial charge in [0.05, 0.1) is 11.6 Å². The molecule has 0 unspecified atom stereocenters. The van der Waals surface area contributed by atoms with Crippen LogP contribution in [0.5, 0.6) is 11.8 Å². The van der Waals surface area contributed by atoms with E-state index in [0.29, 0.717) is 47.3 Å². The van der Waals surface area contributed by atoms with Gasteiger partial charge in [0.15, 0.2) is 0 Å². The van der Waals surface area contributed by atoms with Crippen molar-refractivity contribution in [3.63, 3.8) is 0 Å². The molecule has 4 rings (SSSR count). The molecule has 0 atom stereocenters. The van der Waals surface area contributed by atoms with Crippen LogP contribution in [0.15, 0.2) is 52.5 Å². The zero-order valence-corrected chi connectivity index (χ0v) is 18.3. The summed E-state index contributed by atoms with van der Waals surface area (Å²) in [6, 6.07) is 8.31. The first-order valence-corrected chi connectivity index (χ1v) is 10.8. The van der Waals surface area contributed by atoms with Crippen LogP contribution in [0.2, 0.25) is 5.02 Å². The fourth-order valence-electron chi connectivity index (χ4n) is 3.55. The van der Waals surface area contributed by atoms with E-state index in [-0.39, 0.29) is 10.9 Å². The van der Waals surface area contributed by atoms with Crippen molar-refractivity contribution in [2.75, 3.05) is 13.2 Å². The van der Waals surface area contributed by atoms with Gasteiger partial charge in [0.25, 0.3) is 0 Å². The Bertz CT molecular complexity index is 1120. The number of amides is 1. The van der Waals surface area contributed by atoms with Crippen LogP contribution in [-0.4, -0.2) is 33.9 Å². The monoisotopic (exact) mass is 462 g/mol. The Kier molecular flexibility index (Phi) is 6.17. The number of nitrogens with two attached hydrogens (primary N) is 1. The predicted octanol–water partition coefficient (Wildman–Crippen LogP) is 4.08. The van der Waals surface area contributed by atoms with E-state index in [0.717, 1.165) is 11.8 Å². The summed E-state index contributed by atoms with van der Waals surface area (Å²) in [4.78, 5) is 17.5. The van der Waals surface area contributed by atoms with Gasteiger partial charge in [-0.05, 0) is 25.0 Å². The molecule has 1 aliphatic heterocycles. The SMILES string of the molecule is Cn1nccc1Oc1ncc(Sc2cccc(C3(C(N)=O)CCOCC3)c2F)cc1Cl. The van der Waals surface area contributed by atoms with Crippen molar-refractivity contribution in [1.29, 1.82) is 0 Å². The molecule has 1 aliphatic rings. The van der Waals surface area contributed by atoms with Crippen LogP contribution in [0.1, 0.15) is 18.4 Å². The molecule has 2 aromatic heterocycles. The maximum atomic E-state index is 15.5. The number of hydrogen-bond acceptors (Lipinski definition) is 6. The van der Waals surface area contributed by atoms with Crippen LogP contribution in [0, 0.1) is 5.82 Å². The third-order valence-electron chi connectivity index (χ3n) is 5.28. The maximum absolute atomic E-state index is 15.5. The van der Waals surface area contributed by atoms with Crippen LogP contribution in [-0.2, 0) is 22.0 Å². The molecular weight excluding hydrogens is 443 g/mol. The van der Waals surface area contributed by atoms with Crippen molar-refractivity contribution >= 4 is 29.3 Å². The van der Waals surface area contributed by atoms with E-state index in [1.807, 2.05) is 0 Å². The van der Waals surface area contributed by atoms with Crippen molar-refractivity contribution in [2.24, 2.45) is 12.8 Å². The smallest absolute Gasteiger partial charge is 0.240 e. The average molecular weight is 463 g/mol. The van der Waals surface area contributed by atoms with Gasteiger partial charge in [-0.1, -0.05) is 35.5 Å². The number of nitrogens with zero attached hydrogens (tertiary/aromatic N) is 3. The van der Waals surface area contributed by atoms with Crippen LogP contribution in [0.4, 0.5) is 4.39 Å². The van der Waals surface area contributed by atoms with Gasteiger partial charge < -0.3 is 15.2 Å². The molecule has 3 aromatic rings. The quantitative estimate of drug-likeness (QED) is 0.593. The summed E-state index contributed by atoms with van der Waals surface area (Å²) in [7, 11) is 1.74. The Labute approximate surface area is 187 Å². The number of aryl methyl sites for hydroxylation is 1. The van der Waals surface area contributed by atoms with Crippen molar-refractivity contribution < 1.29 is 18.7 Å². The Morgan fingerprint density at radius 2 is 2.13 bits per heavy atom. The lowest BCUT2D eigenvalue weighted by atomic mass is 9.73. The number of ether oxygens (including phenoxy) is 2. The van der Waals surface area contributed by atoms with E-state index < -0.39 is 17.1 Å². The second-order valence-corrected chi connectivity index (χ2v) is 8.65. The number of primary amides is 1. The highest BCUT2D eigenvalue weighted by Crippen LogP contribution is 2.41. The molecular formula is C21H20ClFN4O3S. The molecule has 0 bridgehead atoms. The average Bonchev–Trinajstić information content (AvgIpc) is 3.16. The number of pyridine rings is 1. The number of carbonyl (C=O) groups excluding carboxylic acids is 1. The zero-order chi connectivity index (χ0) is 22.0. The number of aromatic nitrogens is 3. The summed E-state index contributed by atoms with van der Waals surface area (Å²) in [5.41, 5.74) is 4.91. The van der Waals surface area contributed by atoms with Crippen LogP contribution in [0.3, 0.4) is 0 Å². The highest BCUT2D eigenvalue weighted by molar-refractivity contribution is 7.99. The van der Waals surface area contributed by atoms with Crippen molar-refractivity contribution in [2.45, 2.75) is 28.0 Å². The minimum Gasteiger partial charge on any atom is -0.419 e. The zero-order valence-electron chi connectivity index (χ0n) is 16.7. The molecule has 1 amide bonds. The Balaban J connectivity index is 1.60. The molecule has 0 aliphatic carbocycles. The van der Waals surface area contributed by atoms with Gasteiger partial charge in [0.1, 0.15) is 10.8 Å². The van der Waals surface area contributed by atoms with Crippen LogP contribution >= 0.6 is 23.4 Å². The fourth-order valence-corrected chi connectivity index (χ4v) is 4.71. The summed E-state index contributed by atoms with van der Waals surface area (Å²) < 4.78 is 28.0. The molecule has 31 heavy (non-hydrogen) atoms. The standard InChI is InChI=1S/C21H20ClFN4O3S/c1-27-17(5-8-26-27)30-19-15(22)11-13(12-25-19)31-16-4-2-3-14(18(16)23)21(20(24)28)6-9-29-10-7-21/h2-5,8,11-12H,6-7,9-10H2,1H3,(H2,24,28). The lowest BCUT2D eigenvalue weighted by molar-refractivity contribution is -0.127. The Morgan fingerprint density at radius 3 is 2.77 bits per heavy atom. The summed E-state index contributed by atoms with van der Waals surface area (Å²) >= 11 is 7.48. The highest BCUT2D eigenvalue weighted by atomic mass is 35.5. The molecule has 3 heterocycles. The number of carbonyl (C=O) groups is 1. The first kappa shape index (κ1) is 21.6. The third-order valence-corrected chi connectivity index (χ3v) is 6.55. The van der Waals surface area contributed by atoms with Gasteiger partial charge in [-0.3, -0.25) is 4.79 Å². The van der Waals surface area contributed by atoms with E-state index in [1.165, 1.54) is 0 Å². The predicted molar refractivity (Wildman–Crippen MR) is 114 cm³/mol. The summed E-state index contributed by atoms with van der Waals surface area (Å²) in [5, 5.41) is 4.30. The lowest BCUT2D eigenvalue weighted by Crippen LogP contribution is -2.46. The highest BCUT2D eigenvalue weighted by Gasteiger charge is 2.42. The van der Waals surface area contributed by atoms with E-state index in [1.54, 1.807) is 54.5 Å². The third kappa shape index (κ3) is 4.26. The van der Waals surface area contributed by atoms with E-state index in [2.05, 4.69) is 10.1 Å². The topological polar surface area (TPSA) is 92.3 Å². The number of hydrogen-bond donors (Lipinski definition) is 1. The van der Waals surface area contributed by atoms with Crippen molar-refractivity contribution in [3.8, 4) is 11.8 Å². The molecule has 1 fully saturated rings. The van der Waals surface area contributed by atoms with E-state index >= 15 is 4.39 Å². The summed E-state index contributed by atoms with van der Waals surface area (Å²) in [5.74, 6) is -0.307. The maximum Gasteiger partial charge on any atom is 0.240 e. The van der Waals surface area contributed by atoms with Gasteiger partial charge in [0.2, 0.25) is 17.7 Å². The fraction of sp³-hybridized carbons (Fsp3) is 0.286. The molecule has 10 heteroatoms. The Hall–Kier alpha value is -2.62. The minimum absolute atomic E-state index is 0.221. The summed E-state index contributed by atoms with van der Waals surface area (Å²) in [6.07, 6.45) is 3.84. The van der Waals surface area contributed by atoms with Gasteiger partial charge >= 0.3 is 0 Å². The molecule has 0 spiro atoms. The van der Waals surface area contributed by atoms with E-state index in [4.69, 9.17) is 26.8 Å². The van der Waals surface area contributed by atoms with Crippen LogP contribution < -0.4 is 10.5 Å². The van der Waals surface area contributed by atoms with E-state index in [9.17, 15) is 4.79 Å². The van der Waals surface area contributed by atoms with Gasteiger partial charge in [-0.25, -0.2) is 14.1 Å². The first-order chi connectivity index (χ1) is 14.9. The largest absolute Gasteiger partial charge is 0.419 e. The van der Waals surface area contributed by atoms with Gasteiger partial charge in [-0.15, -0.1) is 0 Å². The van der Waals surface area contributed by atoms with Crippen LogP contribution in [0.25, 0.3) is 0 Å². The molecule has 1 aromatic carbocycles. The molecule has 0 saturated carbocycles. The summed E-state index contributed by atoms with van der Waals surface area (Å²) in [6.45, 7) is 0.717. The molecule has 7 nitrogen and oxygen atoms in total. The minimum atomic E-state index is -1.07. The number of benzene rings is 1. The van der Waals surface area contributed by atoms with Gasteiger partial charge in [-0.2, -0.15) is 5.10 Å². The Morgan fingerprint density at radius 1 is 1.35 bits per heavy atom. The second kappa shape index (κ2) is 8.86. The first-order valence-electron chi connectivity index (χ1n) is 9.56. The number of rotatable bonds is 6. The molecule has 0 radical (unpaired) electrons. The molecule has 1 saturated heterocycles. The van der Waals surface area contributed by atoms with Crippen molar-refractivity contribution in [1.82, 2.24) is 14.8 Å². The normalized spacial score (nSPS) is 15.6. The molecule has 2 N–H and O–H groups in total. The number of halogens is 2. The molecule has 162 valence electrons. The van der Waals surface area contributed by atoms with Crippen molar-refractivity contribution in [3.05, 3.63) is 59.1 Å². The second-order valence-electron chi connectivity index (χ2n) is 7.13.